The molecular weight excluding hydrogens is 446 g/mol. The van der Waals surface area contributed by atoms with E-state index in [2.05, 4.69) is 18.6 Å². The van der Waals surface area contributed by atoms with Crippen LogP contribution in [-0.2, 0) is 29.8 Å². The molecule has 0 fully saturated rings. The van der Waals surface area contributed by atoms with E-state index in [9.17, 15) is 30.4 Å². The minimum absolute atomic E-state index is 0.0513. The van der Waals surface area contributed by atoms with Gasteiger partial charge in [0.05, 0.1) is 10.3 Å². The molecule has 30 heavy (non-hydrogen) atoms. The number of hydrogen-bond acceptors (Lipinski definition) is 6. The van der Waals surface area contributed by atoms with E-state index in [0.717, 1.165) is 12.0 Å². The fraction of sp³-hybridized carbons (Fsp3) is 0.611. The predicted molar refractivity (Wildman–Crippen MR) is 106 cm³/mol. The van der Waals surface area contributed by atoms with Gasteiger partial charge in [0, 0.05) is 0 Å². The van der Waals surface area contributed by atoms with Gasteiger partial charge in [-0.05, 0) is 50.3 Å². The first-order valence-electron chi connectivity index (χ1n) is 8.98. The number of carbonyl (C=O) groups excluding carboxylic acids is 1. The summed E-state index contributed by atoms with van der Waals surface area (Å²) >= 11 is 0. The smallest absolute Gasteiger partial charge is 0.402 e. The van der Waals surface area contributed by atoms with Gasteiger partial charge in [-0.15, -0.1) is 0 Å². The Bertz CT molecular complexity index is 908. The van der Waals surface area contributed by atoms with Crippen LogP contribution < -0.4 is 0 Å². The molecule has 12 heteroatoms. The molecule has 0 aliphatic rings. The van der Waals surface area contributed by atoms with E-state index in [1.54, 1.807) is 19.1 Å². The van der Waals surface area contributed by atoms with Crippen LogP contribution in [-0.4, -0.2) is 43.8 Å². The third-order valence-electron chi connectivity index (χ3n) is 4.54. The summed E-state index contributed by atoms with van der Waals surface area (Å²) in [4.78, 5) is 11.2. The van der Waals surface area contributed by atoms with E-state index in [0.29, 0.717) is 12.3 Å². The Morgan fingerprint density at radius 2 is 1.53 bits per heavy atom. The lowest BCUT2D eigenvalue weighted by molar-refractivity contribution is -0.160. The first kappa shape index (κ1) is 28.4. The van der Waals surface area contributed by atoms with Gasteiger partial charge in [-0.1, -0.05) is 32.9 Å². The summed E-state index contributed by atoms with van der Waals surface area (Å²) < 4.78 is 88.3. The van der Waals surface area contributed by atoms with E-state index in [4.69, 9.17) is 9.11 Å². The van der Waals surface area contributed by atoms with Gasteiger partial charge < -0.3 is 4.74 Å². The van der Waals surface area contributed by atoms with Crippen LogP contribution in [0.15, 0.2) is 29.2 Å². The van der Waals surface area contributed by atoms with Crippen molar-refractivity contribution in [1.29, 1.82) is 0 Å². The maximum atomic E-state index is 12.7. The lowest BCUT2D eigenvalue weighted by Gasteiger charge is -2.21. The second-order valence-electron chi connectivity index (χ2n) is 7.28. The van der Waals surface area contributed by atoms with E-state index in [1.165, 1.54) is 26.0 Å². The van der Waals surface area contributed by atoms with Crippen molar-refractivity contribution in [2.24, 2.45) is 5.41 Å². The van der Waals surface area contributed by atoms with E-state index >= 15 is 0 Å². The largest absolute Gasteiger partial charge is 0.458 e. The molecule has 8 nitrogen and oxygen atoms in total. The quantitative estimate of drug-likeness (QED) is 0.428. The Labute approximate surface area is 176 Å². The van der Waals surface area contributed by atoms with Gasteiger partial charge in [-0.25, -0.2) is 0 Å². The van der Waals surface area contributed by atoms with E-state index < -0.39 is 43.5 Å². The van der Waals surface area contributed by atoms with Crippen LogP contribution in [0.5, 0.6) is 0 Å². The Hall–Kier alpha value is -1.63. The van der Waals surface area contributed by atoms with Gasteiger partial charge in [-0.2, -0.15) is 25.6 Å². The van der Waals surface area contributed by atoms with Crippen molar-refractivity contribution >= 4 is 26.2 Å². The Morgan fingerprint density at radius 3 is 1.87 bits per heavy atom. The van der Waals surface area contributed by atoms with Crippen LogP contribution in [0, 0.1) is 5.41 Å². The third-order valence-corrected chi connectivity index (χ3v) is 6.29. The van der Waals surface area contributed by atoms with Gasteiger partial charge >= 0.3 is 21.3 Å². The van der Waals surface area contributed by atoms with Crippen molar-refractivity contribution in [2.75, 3.05) is 6.61 Å². The average Bonchev–Trinajstić information content (AvgIpc) is 2.64. The Morgan fingerprint density at radius 1 is 1.07 bits per heavy atom. The lowest BCUT2D eigenvalue weighted by Crippen LogP contribution is -2.37. The van der Waals surface area contributed by atoms with Crippen molar-refractivity contribution < 1.29 is 44.3 Å². The molecule has 0 aliphatic carbocycles. The normalized spacial score (nSPS) is 13.8. The number of rotatable bonds is 8. The molecule has 1 aromatic rings. The number of halogens is 2. The van der Waals surface area contributed by atoms with Gasteiger partial charge in [0.2, 0.25) is 0 Å². The summed E-state index contributed by atoms with van der Waals surface area (Å²) in [5.74, 6) is -0.538. The molecule has 0 radical (unpaired) electrons. The Balaban J connectivity index is 0.000000564. The van der Waals surface area contributed by atoms with Crippen LogP contribution in [0.1, 0.15) is 58.9 Å². The van der Waals surface area contributed by atoms with Gasteiger partial charge in [0.1, 0.15) is 0 Å². The second kappa shape index (κ2) is 10.6. The summed E-state index contributed by atoms with van der Waals surface area (Å²) in [7, 11) is -9.61. The second-order valence-corrected chi connectivity index (χ2v) is 10.2. The maximum absolute atomic E-state index is 12.7. The Kier molecular flexibility index (Phi) is 10.0. The predicted octanol–water partition coefficient (Wildman–Crippen LogP) is 3.89. The van der Waals surface area contributed by atoms with Crippen molar-refractivity contribution in [3.05, 3.63) is 29.8 Å². The first-order chi connectivity index (χ1) is 13.4. The molecule has 1 aromatic carbocycles. The molecule has 0 spiro atoms. The van der Waals surface area contributed by atoms with Crippen LogP contribution in [0.2, 0.25) is 0 Å². The number of ether oxygens (including phenoxy) is 1. The molecule has 0 aliphatic heterocycles. The summed E-state index contributed by atoms with van der Waals surface area (Å²) in [6.45, 7) is 7.06. The SMILES string of the molecule is CCC(C)(C)C(=O)OCC(F)(F)S(=O)(=O)O.CCC(C)c1ccc(S(=O)(=O)O)cc1. The maximum Gasteiger partial charge on any atom is 0.402 e. The van der Waals surface area contributed by atoms with Crippen molar-refractivity contribution in [3.63, 3.8) is 0 Å². The van der Waals surface area contributed by atoms with Crippen molar-refractivity contribution in [3.8, 4) is 0 Å². The van der Waals surface area contributed by atoms with Gasteiger partial charge in [-0.3, -0.25) is 13.9 Å². The van der Waals surface area contributed by atoms with Gasteiger partial charge in [0.25, 0.3) is 10.1 Å². The molecule has 0 amide bonds. The molecule has 0 aromatic heterocycles. The first-order valence-corrected chi connectivity index (χ1v) is 11.9. The van der Waals surface area contributed by atoms with Gasteiger partial charge in [0.15, 0.2) is 6.61 Å². The summed E-state index contributed by atoms with van der Waals surface area (Å²) in [5.41, 5.74) is 0.106. The zero-order valence-electron chi connectivity index (χ0n) is 17.4. The fourth-order valence-corrected chi connectivity index (χ4v) is 2.46. The summed E-state index contributed by atoms with van der Waals surface area (Å²) in [6.07, 6.45) is 1.36. The van der Waals surface area contributed by atoms with Crippen LogP contribution in [0.4, 0.5) is 8.78 Å². The molecular formula is C18H28F2O8S2. The zero-order valence-corrected chi connectivity index (χ0v) is 19.1. The van der Waals surface area contributed by atoms with Crippen molar-refractivity contribution in [1.82, 2.24) is 0 Å². The highest BCUT2D eigenvalue weighted by Gasteiger charge is 2.46. The molecule has 0 saturated heterocycles. The molecule has 174 valence electrons. The average molecular weight is 475 g/mol. The van der Waals surface area contributed by atoms with Crippen LogP contribution in [0.25, 0.3) is 0 Å². The number of hydrogen-bond donors (Lipinski definition) is 2. The molecule has 0 heterocycles. The number of esters is 1. The molecule has 1 rings (SSSR count). The minimum atomic E-state index is -5.56. The summed E-state index contributed by atoms with van der Waals surface area (Å²) in [5, 5.41) is -4.48. The lowest BCUT2D eigenvalue weighted by atomic mass is 9.91. The highest BCUT2D eigenvalue weighted by atomic mass is 32.2. The zero-order chi connectivity index (χ0) is 24.0. The molecule has 0 bridgehead atoms. The number of alkyl halides is 2. The molecule has 2 N–H and O–H groups in total. The monoisotopic (exact) mass is 474 g/mol. The number of benzene rings is 1. The fourth-order valence-electron chi connectivity index (χ4n) is 1.77. The third kappa shape index (κ3) is 8.62. The minimum Gasteiger partial charge on any atom is -0.458 e. The van der Waals surface area contributed by atoms with E-state index in [1.807, 2.05) is 0 Å². The van der Waals surface area contributed by atoms with Crippen LogP contribution in [0.3, 0.4) is 0 Å². The van der Waals surface area contributed by atoms with E-state index in [-0.39, 0.29) is 4.90 Å². The molecule has 0 saturated carbocycles. The molecule has 1 atom stereocenters. The molecule has 1 unspecified atom stereocenters. The topological polar surface area (TPSA) is 135 Å². The standard InChI is InChI=1S/C10H14O3S.C8H14F2O5S/c1-3-8(2)9-4-6-10(7-5-9)14(11,12)13;1-4-7(2,3)6(11)15-5-8(9,10)16(12,13)14/h4-8H,3H2,1-2H3,(H,11,12,13);4-5H2,1-3H3,(H,12,13,14). The van der Waals surface area contributed by atoms with Crippen LogP contribution >= 0.6 is 0 Å². The number of carbonyl (C=O) groups is 1. The highest BCUT2D eigenvalue weighted by Crippen LogP contribution is 2.25. The summed E-state index contributed by atoms with van der Waals surface area (Å²) in [6, 6.07) is 6.32. The highest BCUT2D eigenvalue weighted by molar-refractivity contribution is 7.87. The van der Waals surface area contributed by atoms with Crippen molar-refractivity contribution in [2.45, 2.75) is 63.5 Å².